The van der Waals surface area contributed by atoms with Crippen molar-refractivity contribution in [1.29, 1.82) is 0 Å². The van der Waals surface area contributed by atoms with Gasteiger partial charge in [-0.3, -0.25) is 4.79 Å². The van der Waals surface area contributed by atoms with E-state index in [9.17, 15) is 14.7 Å². The smallest absolute Gasteiger partial charge is 0.339 e. The van der Waals surface area contributed by atoms with E-state index in [4.69, 9.17) is 14.2 Å². The zero-order valence-corrected chi connectivity index (χ0v) is 19.4. The lowest BCUT2D eigenvalue weighted by Gasteiger charge is -2.37. The molecule has 1 aromatic rings. The number of carboxylic acids is 1. The fourth-order valence-corrected chi connectivity index (χ4v) is 4.87. The van der Waals surface area contributed by atoms with E-state index < -0.39 is 17.9 Å². The van der Waals surface area contributed by atoms with Crippen LogP contribution in [0.5, 0.6) is 11.5 Å². The van der Waals surface area contributed by atoms with Gasteiger partial charge in [0.2, 0.25) is 0 Å². The van der Waals surface area contributed by atoms with Gasteiger partial charge >= 0.3 is 5.97 Å². The minimum absolute atomic E-state index is 0.0138. The van der Waals surface area contributed by atoms with Crippen molar-refractivity contribution in [2.75, 3.05) is 20.3 Å². The number of ether oxygens (including phenoxy) is 3. The summed E-state index contributed by atoms with van der Waals surface area (Å²) < 4.78 is 32.1. The maximum Gasteiger partial charge on any atom is 0.339 e. The number of hydrogen-bond acceptors (Lipinski definition) is 5. The Hall–Kier alpha value is -2.67. The third kappa shape index (κ3) is 4.83. The van der Waals surface area contributed by atoms with Crippen LogP contribution < -0.4 is 9.47 Å². The summed E-state index contributed by atoms with van der Waals surface area (Å²) >= 11 is 0. The molecule has 178 valence electrons. The zero-order chi connectivity index (χ0) is 23.7. The van der Waals surface area contributed by atoms with Crippen LogP contribution in [0, 0.1) is 23.6 Å². The second-order valence-corrected chi connectivity index (χ2v) is 9.39. The molecule has 1 N–H and O–H groups in total. The SMILES string of the molecule is COCCCOc1cc2c(cc1F)C1=C(/C=C(/C(=O)O)C(=O)CCC1C1CC1)[C@@H](C(C)C)O2. The summed E-state index contributed by atoms with van der Waals surface area (Å²) in [5.41, 5.74) is 2.02. The molecule has 1 fully saturated rings. The number of methoxy groups -OCH3 is 1. The minimum atomic E-state index is -1.24. The molecule has 0 radical (unpaired) electrons. The molecular weight excluding hydrogens is 427 g/mol. The summed E-state index contributed by atoms with van der Waals surface area (Å²) in [6.45, 7) is 4.83. The van der Waals surface area contributed by atoms with Crippen molar-refractivity contribution in [2.45, 2.75) is 52.1 Å². The van der Waals surface area contributed by atoms with Crippen LogP contribution in [-0.4, -0.2) is 43.3 Å². The summed E-state index contributed by atoms with van der Waals surface area (Å²) in [7, 11) is 1.60. The largest absolute Gasteiger partial charge is 0.490 e. The molecule has 1 unspecified atom stereocenters. The molecule has 0 amide bonds. The van der Waals surface area contributed by atoms with Crippen molar-refractivity contribution in [3.05, 3.63) is 40.7 Å². The molecule has 1 aromatic carbocycles. The Kier molecular flexibility index (Phi) is 6.88. The molecule has 0 bridgehead atoms. The van der Waals surface area contributed by atoms with Crippen LogP contribution in [0.15, 0.2) is 29.4 Å². The first-order valence-electron chi connectivity index (χ1n) is 11.7. The van der Waals surface area contributed by atoms with E-state index in [1.807, 2.05) is 13.8 Å². The number of carbonyl (C=O) groups is 2. The molecule has 0 saturated heterocycles. The lowest BCUT2D eigenvalue weighted by Crippen LogP contribution is -2.33. The van der Waals surface area contributed by atoms with Crippen molar-refractivity contribution in [2.24, 2.45) is 17.8 Å². The normalized spacial score (nSPS) is 24.3. The van der Waals surface area contributed by atoms with Gasteiger partial charge in [0.25, 0.3) is 0 Å². The van der Waals surface area contributed by atoms with Gasteiger partial charge in [0.05, 0.1) is 6.61 Å². The van der Waals surface area contributed by atoms with E-state index in [1.54, 1.807) is 13.2 Å². The molecule has 0 spiro atoms. The molecule has 0 aromatic heterocycles. The summed E-state index contributed by atoms with van der Waals surface area (Å²) in [6.07, 6.45) is 4.50. The van der Waals surface area contributed by atoms with E-state index in [1.165, 1.54) is 12.1 Å². The van der Waals surface area contributed by atoms with Crippen molar-refractivity contribution < 1.29 is 33.3 Å². The number of benzene rings is 1. The highest BCUT2D eigenvalue weighted by Gasteiger charge is 2.42. The lowest BCUT2D eigenvalue weighted by molar-refractivity contribution is -0.134. The molecule has 2 aliphatic carbocycles. The van der Waals surface area contributed by atoms with Gasteiger partial charge in [-0.25, -0.2) is 9.18 Å². The van der Waals surface area contributed by atoms with Gasteiger partial charge in [-0.2, -0.15) is 0 Å². The van der Waals surface area contributed by atoms with Gasteiger partial charge < -0.3 is 19.3 Å². The number of halogens is 1. The first kappa shape index (κ1) is 23.5. The molecule has 33 heavy (non-hydrogen) atoms. The maximum absolute atomic E-state index is 15.1. The van der Waals surface area contributed by atoms with Crippen LogP contribution in [-0.2, 0) is 14.3 Å². The Bertz CT molecular complexity index is 1000. The lowest BCUT2D eigenvalue weighted by atomic mass is 9.75. The first-order chi connectivity index (χ1) is 15.8. The third-order valence-electron chi connectivity index (χ3n) is 6.63. The van der Waals surface area contributed by atoms with Crippen LogP contribution in [0.4, 0.5) is 4.39 Å². The molecule has 2 atom stereocenters. The summed E-state index contributed by atoms with van der Waals surface area (Å²) in [5.74, 6) is -0.933. The van der Waals surface area contributed by atoms with Gasteiger partial charge in [-0.1, -0.05) is 13.8 Å². The second-order valence-electron chi connectivity index (χ2n) is 9.39. The van der Waals surface area contributed by atoms with E-state index >= 15 is 4.39 Å². The Morgan fingerprint density at radius 2 is 2.00 bits per heavy atom. The van der Waals surface area contributed by atoms with E-state index in [2.05, 4.69) is 0 Å². The first-order valence-corrected chi connectivity index (χ1v) is 11.7. The van der Waals surface area contributed by atoms with Crippen LogP contribution in [0.3, 0.4) is 0 Å². The van der Waals surface area contributed by atoms with Crippen molar-refractivity contribution in [3.63, 3.8) is 0 Å². The highest BCUT2D eigenvalue weighted by molar-refractivity contribution is 6.17. The van der Waals surface area contributed by atoms with Gasteiger partial charge in [0.15, 0.2) is 17.3 Å². The van der Waals surface area contributed by atoms with Crippen LogP contribution >= 0.6 is 0 Å². The van der Waals surface area contributed by atoms with Gasteiger partial charge in [0, 0.05) is 38.2 Å². The maximum atomic E-state index is 15.1. The van der Waals surface area contributed by atoms with E-state index in [0.29, 0.717) is 48.9 Å². The Balaban J connectivity index is 1.85. The molecule has 1 saturated carbocycles. The van der Waals surface area contributed by atoms with Crippen molar-refractivity contribution >= 4 is 17.3 Å². The molecule has 1 heterocycles. The van der Waals surface area contributed by atoms with Crippen molar-refractivity contribution in [1.82, 2.24) is 0 Å². The average molecular weight is 459 g/mol. The summed E-state index contributed by atoms with van der Waals surface area (Å²) in [6, 6.07) is 3.05. The van der Waals surface area contributed by atoms with Gasteiger partial charge in [-0.05, 0) is 60.3 Å². The Labute approximate surface area is 193 Å². The number of aliphatic carboxylic acids is 1. The highest BCUT2D eigenvalue weighted by Crippen LogP contribution is 2.53. The standard InChI is InChI=1S/C26H31FO6/c1-14(2)25-19-11-17(26(29)30)21(28)8-7-16(15-5-6-15)24(19)18-12-20(27)23(13-22(18)33-25)32-10-4-9-31-3/h11-16,25H,4-10H2,1-3H3,(H,29,30)/b17-11+/t16?,25-/m1/s1. The molecule has 3 aliphatic rings. The quantitative estimate of drug-likeness (QED) is 0.445. The topological polar surface area (TPSA) is 82.1 Å². The van der Waals surface area contributed by atoms with E-state index in [-0.39, 0.29) is 35.4 Å². The molecule has 6 nitrogen and oxygen atoms in total. The van der Waals surface area contributed by atoms with Gasteiger partial charge in [0.1, 0.15) is 17.4 Å². The predicted molar refractivity (Wildman–Crippen MR) is 121 cm³/mol. The zero-order valence-electron chi connectivity index (χ0n) is 19.4. The fraction of sp³-hybridized carbons (Fsp3) is 0.538. The number of ketones is 1. The predicted octanol–water partition coefficient (Wildman–Crippen LogP) is 4.81. The second kappa shape index (κ2) is 9.67. The molecule has 4 rings (SSSR count). The highest BCUT2D eigenvalue weighted by atomic mass is 19.1. The number of carboxylic acid groups (broad SMARTS) is 1. The van der Waals surface area contributed by atoms with Crippen LogP contribution in [0.2, 0.25) is 0 Å². The monoisotopic (exact) mass is 458 g/mol. The molecule has 7 heteroatoms. The number of fused-ring (bicyclic) bond motifs is 2. The Morgan fingerprint density at radius 1 is 1.24 bits per heavy atom. The number of hydrogen-bond donors (Lipinski definition) is 1. The number of allylic oxidation sites excluding steroid dienone is 1. The Morgan fingerprint density at radius 3 is 2.64 bits per heavy atom. The number of rotatable bonds is 8. The van der Waals surface area contributed by atoms with Gasteiger partial charge in [-0.15, -0.1) is 0 Å². The summed E-state index contributed by atoms with van der Waals surface area (Å²) in [5, 5.41) is 9.69. The number of carbonyl (C=O) groups excluding carboxylic acids is 1. The molecular formula is C26H31FO6. The average Bonchev–Trinajstić information content (AvgIpc) is 3.59. The molecule has 1 aliphatic heterocycles. The van der Waals surface area contributed by atoms with E-state index in [0.717, 1.165) is 18.4 Å². The third-order valence-corrected chi connectivity index (χ3v) is 6.63. The van der Waals surface area contributed by atoms with Crippen LogP contribution in [0.25, 0.3) is 5.57 Å². The fourth-order valence-electron chi connectivity index (χ4n) is 4.87. The van der Waals surface area contributed by atoms with Crippen molar-refractivity contribution in [3.8, 4) is 11.5 Å². The number of Topliss-reactive ketones (excluding diaryl/α,β-unsaturated/α-hetero) is 1. The summed E-state index contributed by atoms with van der Waals surface area (Å²) in [4.78, 5) is 24.5. The van der Waals surface area contributed by atoms with Crippen LogP contribution in [0.1, 0.15) is 51.5 Å². The minimum Gasteiger partial charge on any atom is -0.490 e.